The molecule has 0 aliphatic carbocycles. The van der Waals surface area contributed by atoms with Gasteiger partial charge >= 0.3 is 5.97 Å². The number of anilines is 1. The van der Waals surface area contributed by atoms with Gasteiger partial charge in [0.1, 0.15) is 6.10 Å². The number of hydrogen-bond acceptors (Lipinski definition) is 5. The maximum atomic E-state index is 12.3. The van der Waals surface area contributed by atoms with Crippen LogP contribution in [0.2, 0.25) is 0 Å². The Hall–Kier alpha value is -2.61. The van der Waals surface area contributed by atoms with E-state index in [-0.39, 0.29) is 23.9 Å². The fourth-order valence-electron chi connectivity index (χ4n) is 3.97. The number of amides is 1. The van der Waals surface area contributed by atoms with Gasteiger partial charge in [-0.2, -0.15) is 0 Å². The van der Waals surface area contributed by atoms with Gasteiger partial charge in [0.25, 0.3) is 5.91 Å². The van der Waals surface area contributed by atoms with Gasteiger partial charge in [0.2, 0.25) is 0 Å². The summed E-state index contributed by atoms with van der Waals surface area (Å²) in [6, 6.07) is 7.73. The molecule has 1 amide bonds. The Balaban J connectivity index is 1.63. The number of hydrogen-bond donors (Lipinski definition) is 2. The summed E-state index contributed by atoms with van der Waals surface area (Å²) in [6.45, 7) is 7.62. The average molecular weight is 431 g/mol. The lowest BCUT2D eigenvalue weighted by molar-refractivity contribution is -0.149. The van der Waals surface area contributed by atoms with Gasteiger partial charge in [0.05, 0.1) is 19.1 Å². The molecule has 2 aliphatic heterocycles. The molecule has 1 aromatic carbocycles. The SMILES string of the molecule is CCNC(=NCc1cccc(NC(=O)C2CCCO2)c1)N1CCCC(C(=O)OCC)C1. The monoisotopic (exact) mass is 430 g/mol. The third-order valence-electron chi connectivity index (χ3n) is 5.50. The van der Waals surface area contributed by atoms with Gasteiger partial charge in [0, 0.05) is 31.9 Å². The molecule has 170 valence electrons. The van der Waals surface area contributed by atoms with Crippen LogP contribution in [-0.2, 0) is 25.6 Å². The standard InChI is InChI=1S/C23H34N4O4/c1-3-24-23(27-12-6-9-18(16-27)22(29)30-4-2)25-15-17-8-5-10-19(14-17)26-21(28)20-11-7-13-31-20/h5,8,10,14,18,20H,3-4,6-7,9,11-13,15-16H2,1-2H3,(H,24,25)(H,26,28). The van der Waals surface area contributed by atoms with Crippen molar-refractivity contribution >= 4 is 23.5 Å². The molecule has 8 heteroatoms. The number of likely N-dealkylation sites (tertiary alicyclic amines) is 1. The maximum Gasteiger partial charge on any atom is 0.310 e. The molecule has 2 aliphatic rings. The van der Waals surface area contributed by atoms with E-state index in [1.54, 1.807) is 0 Å². The van der Waals surface area contributed by atoms with E-state index in [0.717, 1.165) is 56.0 Å². The molecule has 2 fully saturated rings. The summed E-state index contributed by atoms with van der Waals surface area (Å²) in [5, 5.41) is 6.28. The van der Waals surface area contributed by atoms with Crippen LogP contribution in [0.3, 0.4) is 0 Å². The van der Waals surface area contributed by atoms with Crippen LogP contribution in [-0.4, -0.2) is 61.7 Å². The second-order valence-electron chi connectivity index (χ2n) is 7.90. The molecule has 2 N–H and O–H groups in total. The Kier molecular flexibility index (Phi) is 8.70. The van der Waals surface area contributed by atoms with Crippen LogP contribution >= 0.6 is 0 Å². The zero-order valence-electron chi connectivity index (χ0n) is 18.6. The largest absolute Gasteiger partial charge is 0.466 e. The fraction of sp³-hybridized carbons (Fsp3) is 0.609. The first-order valence-corrected chi connectivity index (χ1v) is 11.3. The van der Waals surface area contributed by atoms with Crippen molar-refractivity contribution in [3.05, 3.63) is 29.8 Å². The highest BCUT2D eigenvalue weighted by Gasteiger charge is 2.28. The molecule has 0 spiro atoms. The highest BCUT2D eigenvalue weighted by Crippen LogP contribution is 2.19. The van der Waals surface area contributed by atoms with E-state index >= 15 is 0 Å². The predicted octanol–water partition coefficient (Wildman–Crippen LogP) is 2.54. The molecule has 0 aromatic heterocycles. The summed E-state index contributed by atoms with van der Waals surface area (Å²) in [4.78, 5) is 31.4. The van der Waals surface area contributed by atoms with Crippen molar-refractivity contribution in [3.8, 4) is 0 Å². The molecular weight excluding hydrogens is 396 g/mol. The quantitative estimate of drug-likeness (QED) is 0.392. The number of guanidine groups is 1. The van der Waals surface area contributed by atoms with Crippen LogP contribution in [0.1, 0.15) is 45.1 Å². The molecular formula is C23H34N4O4. The first kappa shape index (κ1) is 23.1. The average Bonchev–Trinajstić information content (AvgIpc) is 3.32. The zero-order chi connectivity index (χ0) is 22.1. The normalized spacial score (nSPS) is 21.6. The number of piperidine rings is 1. The van der Waals surface area contributed by atoms with Crippen molar-refractivity contribution in [1.82, 2.24) is 10.2 Å². The molecule has 8 nitrogen and oxygen atoms in total. The molecule has 3 rings (SSSR count). The van der Waals surface area contributed by atoms with Gasteiger partial charge in [-0.1, -0.05) is 12.1 Å². The maximum absolute atomic E-state index is 12.3. The Labute approximate surface area is 184 Å². The topological polar surface area (TPSA) is 92.3 Å². The van der Waals surface area contributed by atoms with Gasteiger partial charge in [-0.05, 0) is 57.2 Å². The van der Waals surface area contributed by atoms with E-state index < -0.39 is 0 Å². The van der Waals surface area contributed by atoms with E-state index in [9.17, 15) is 9.59 Å². The minimum absolute atomic E-state index is 0.0928. The molecule has 2 heterocycles. The van der Waals surface area contributed by atoms with Crippen molar-refractivity contribution < 1.29 is 19.1 Å². The van der Waals surface area contributed by atoms with Crippen molar-refractivity contribution in [1.29, 1.82) is 0 Å². The van der Waals surface area contributed by atoms with Crippen LogP contribution in [0.4, 0.5) is 5.69 Å². The van der Waals surface area contributed by atoms with Crippen molar-refractivity contribution in [2.45, 2.75) is 52.2 Å². The predicted molar refractivity (Wildman–Crippen MR) is 120 cm³/mol. The lowest BCUT2D eigenvalue weighted by Gasteiger charge is -2.34. The van der Waals surface area contributed by atoms with Crippen LogP contribution < -0.4 is 10.6 Å². The van der Waals surface area contributed by atoms with Gasteiger partial charge in [-0.25, -0.2) is 4.99 Å². The Morgan fingerprint density at radius 1 is 1.26 bits per heavy atom. The summed E-state index contributed by atoms with van der Waals surface area (Å²) in [5.74, 6) is 0.460. The number of rotatable bonds is 7. The zero-order valence-corrected chi connectivity index (χ0v) is 18.6. The van der Waals surface area contributed by atoms with Gasteiger partial charge in [0.15, 0.2) is 5.96 Å². The van der Waals surface area contributed by atoms with E-state index in [1.165, 1.54) is 0 Å². The molecule has 2 unspecified atom stereocenters. The minimum Gasteiger partial charge on any atom is -0.466 e. The van der Waals surface area contributed by atoms with Crippen LogP contribution in [0.5, 0.6) is 0 Å². The second kappa shape index (κ2) is 11.7. The third-order valence-corrected chi connectivity index (χ3v) is 5.50. The van der Waals surface area contributed by atoms with E-state index in [1.807, 2.05) is 38.1 Å². The first-order chi connectivity index (χ1) is 15.1. The van der Waals surface area contributed by atoms with Crippen LogP contribution in [0, 0.1) is 5.92 Å². The summed E-state index contributed by atoms with van der Waals surface area (Å²) < 4.78 is 10.7. The molecule has 0 bridgehead atoms. The number of esters is 1. The molecule has 2 atom stereocenters. The molecule has 31 heavy (non-hydrogen) atoms. The first-order valence-electron chi connectivity index (χ1n) is 11.3. The van der Waals surface area contributed by atoms with Crippen molar-refractivity contribution in [2.75, 3.05) is 38.2 Å². The Morgan fingerprint density at radius 2 is 2.13 bits per heavy atom. The Bertz CT molecular complexity index is 777. The van der Waals surface area contributed by atoms with Gasteiger partial charge in [-0.3, -0.25) is 9.59 Å². The highest BCUT2D eigenvalue weighted by atomic mass is 16.5. The smallest absolute Gasteiger partial charge is 0.310 e. The Morgan fingerprint density at radius 3 is 2.87 bits per heavy atom. The van der Waals surface area contributed by atoms with Gasteiger partial charge in [-0.15, -0.1) is 0 Å². The molecule has 0 radical (unpaired) electrons. The number of nitrogens with one attached hydrogen (secondary N) is 2. The number of carbonyl (C=O) groups excluding carboxylic acids is 2. The number of ether oxygens (including phenoxy) is 2. The summed E-state index contributed by atoms with van der Waals surface area (Å²) in [6.07, 6.45) is 3.12. The van der Waals surface area contributed by atoms with E-state index in [4.69, 9.17) is 14.5 Å². The van der Waals surface area contributed by atoms with E-state index in [0.29, 0.717) is 26.3 Å². The van der Waals surface area contributed by atoms with E-state index in [2.05, 4.69) is 15.5 Å². The fourth-order valence-corrected chi connectivity index (χ4v) is 3.97. The van der Waals surface area contributed by atoms with Crippen molar-refractivity contribution in [2.24, 2.45) is 10.9 Å². The molecule has 2 saturated heterocycles. The third kappa shape index (κ3) is 6.69. The summed E-state index contributed by atoms with van der Waals surface area (Å²) >= 11 is 0. The summed E-state index contributed by atoms with van der Waals surface area (Å²) in [5.41, 5.74) is 1.75. The number of benzene rings is 1. The number of nitrogens with zero attached hydrogens (tertiary/aromatic N) is 2. The summed E-state index contributed by atoms with van der Waals surface area (Å²) in [7, 11) is 0. The second-order valence-corrected chi connectivity index (χ2v) is 7.90. The van der Waals surface area contributed by atoms with Gasteiger partial charge < -0.3 is 25.0 Å². The lowest BCUT2D eigenvalue weighted by Crippen LogP contribution is -2.48. The minimum atomic E-state index is -0.353. The van der Waals surface area contributed by atoms with Crippen LogP contribution in [0.15, 0.2) is 29.3 Å². The lowest BCUT2D eigenvalue weighted by atomic mass is 9.98. The highest BCUT2D eigenvalue weighted by molar-refractivity contribution is 5.94. The molecule has 1 aromatic rings. The number of carbonyl (C=O) groups is 2. The number of aliphatic imine (C=N–C) groups is 1. The van der Waals surface area contributed by atoms with Crippen molar-refractivity contribution in [3.63, 3.8) is 0 Å². The van der Waals surface area contributed by atoms with Crippen LogP contribution in [0.25, 0.3) is 0 Å². The molecule has 0 saturated carbocycles.